The second-order valence-electron chi connectivity index (χ2n) is 4.57. The molecule has 5 nitrogen and oxygen atoms in total. The zero-order valence-corrected chi connectivity index (χ0v) is 13.6. The number of carbonyl (C=O) groups is 1. The molecule has 9 heteroatoms. The third-order valence-electron chi connectivity index (χ3n) is 3.00. The molecule has 0 amide bonds. The molecule has 24 heavy (non-hydrogen) atoms. The van der Waals surface area contributed by atoms with Crippen molar-refractivity contribution in [3.05, 3.63) is 51.9 Å². The van der Waals surface area contributed by atoms with Gasteiger partial charge in [0.25, 0.3) is 5.56 Å². The van der Waals surface area contributed by atoms with E-state index in [2.05, 4.69) is 4.98 Å². The van der Waals surface area contributed by atoms with Gasteiger partial charge >= 0.3 is 12.1 Å². The number of halogens is 3. The summed E-state index contributed by atoms with van der Waals surface area (Å²) in [6.45, 7) is 1.89. The van der Waals surface area contributed by atoms with Crippen molar-refractivity contribution < 1.29 is 22.7 Å². The average Bonchev–Trinajstić information content (AvgIpc) is 2.53. The molecule has 0 saturated carbocycles. The summed E-state index contributed by atoms with van der Waals surface area (Å²) in [4.78, 5) is 27.2. The maximum Gasteiger partial charge on any atom is 0.433 e. The standard InChI is InChI=1S/C15H13F3N2O3S/c1-3-23-13(22)9-4-6-10(7-5-9)20-12(21)8-11(15(16,17)18)19-14(20)24-2/h4-8H,3H2,1-2H3. The fraction of sp³-hybridized carbons (Fsp3) is 0.267. The number of aromatic nitrogens is 2. The highest BCUT2D eigenvalue weighted by molar-refractivity contribution is 7.98. The van der Waals surface area contributed by atoms with Crippen LogP contribution in [0.1, 0.15) is 23.0 Å². The van der Waals surface area contributed by atoms with E-state index >= 15 is 0 Å². The first-order valence-electron chi connectivity index (χ1n) is 6.80. The Labute approximate surface area is 139 Å². The minimum atomic E-state index is -4.70. The van der Waals surface area contributed by atoms with E-state index in [0.29, 0.717) is 11.8 Å². The lowest BCUT2D eigenvalue weighted by Gasteiger charge is -2.13. The second-order valence-corrected chi connectivity index (χ2v) is 5.34. The second kappa shape index (κ2) is 7.08. The van der Waals surface area contributed by atoms with Gasteiger partial charge in [-0.05, 0) is 37.4 Å². The number of nitrogens with zero attached hydrogens (tertiary/aromatic N) is 2. The van der Waals surface area contributed by atoms with Gasteiger partial charge in [0.1, 0.15) is 0 Å². The quantitative estimate of drug-likeness (QED) is 0.477. The molecule has 0 unspecified atom stereocenters. The zero-order valence-electron chi connectivity index (χ0n) is 12.8. The highest BCUT2D eigenvalue weighted by atomic mass is 32.2. The van der Waals surface area contributed by atoms with Gasteiger partial charge in [0.05, 0.1) is 17.9 Å². The Hall–Kier alpha value is -2.29. The van der Waals surface area contributed by atoms with E-state index in [1.54, 1.807) is 6.92 Å². The first-order chi connectivity index (χ1) is 11.3. The number of alkyl halides is 3. The van der Waals surface area contributed by atoms with Crippen molar-refractivity contribution in [2.75, 3.05) is 12.9 Å². The number of carbonyl (C=O) groups excluding carboxylic acids is 1. The lowest BCUT2D eigenvalue weighted by atomic mass is 10.2. The van der Waals surface area contributed by atoms with Crippen LogP contribution in [-0.2, 0) is 10.9 Å². The predicted molar refractivity (Wildman–Crippen MR) is 82.6 cm³/mol. The number of esters is 1. The van der Waals surface area contributed by atoms with Crippen molar-refractivity contribution >= 4 is 17.7 Å². The average molecular weight is 358 g/mol. The summed E-state index contributed by atoms with van der Waals surface area (Å²) in [5, 5.41) is -0.0984. The minimum Gasteiger partial charge on any atom is -0.462 e. The number of benzene rings is 1. The van der Waals surface area contributed by atoms with Gasteiger partial charge in [-0.25, -0.2) is 9.78 Å². The van der Waals surface area contributed by atoms with Gasteiger partial charge in [-0.1, -0.05) is 11.8 Å². The van der Waals surface area contributed by atoms with Crippen LogP contribution in [0.25, 0.3) is 5.69 Å². The molecule has 0 spiro atoms. The topological polar surface area (TPSA) is 61.2 Å². The van der Waals surface area contributed by atoms with Gasteiger partial charge in [-0.15, -0.1) is 0 Å². The van der Waals surface area contributed by atoms with Crippen molar-refractivity contribution in [1.29, 1.82) is 0 Å². The zero-order chi connectivity index (χ0) is 17.9. The monoisotopic (exact) mass is 358 g/mol. The van der Waals surface area contributed by atoms with Gasteiger partial charge < -0.3 is 4.74 Å². The van der Waals surface area contributed by atoms with E-state index in [1.807, 2.05) is 0 Å². The van der Waals surface area contributed by atoms with Crippen LogP contribution in [0.4, 0.5) is 13.2 Å². The van der Waals surface area contributed by atoms with Crippen LogP contribution in [0.3, 0.4) is 0 Å². The summed E-state index contributed by atoms with van der Waals surface area (Å²) < 4.78 is 44.2. The first-order valence-corrected chi connectivity index (χ1v) is 8.03. The number of hydrogen-bond acceptors (Lipinski definition) is 5. The molecule has 1 aromatic carbocycles. The van der Waals surface area contributed by atoms with E-state index in [0.717, 1.165) is 16.3 Å². The Kier molecular flexibility index (Phi) is 5.33. The predicted octanol–water partition coefficient (Wildman–Crippen LogP) is 3.15. The fourth-order valence-corrected chi connectivity index (χ4v) is 2.51. The molecule has 0 radical (unpaired) electrons. The van der Waals surface area contributed by atoms with E-state index in [9.17, 15) is 22.8 Å². The summed E-state index contributed by atoms with van der Waals surface area (Å²) in [5.74, 6) is -0.521. The Morgan fingerprint density at radius 3 is 2.42 bits per heavy atom. The van der Waals surface area contributed by atoms with Crippen molar-refractivity contribution in [3.63, 3.8) is 0 Å². The number of thioether (sulfide) groups is 1. The lowest BCUT2D eigenvalue weighted by molar-refractivity contribution is -0.141. The van der Waals surface area contributed by atoms with Crippen LogP contribution < -0.4 is 5.56 Å². The molecule has 0 saturated heterocycles. The Morgan fingerprint density at radius 1 is 1.29 bits per heavy atom. The smallest absolute Gasteiger partial charge is 0.433 e. The Morgan fingerprint density at radius 2 is 1.92 bits per heavy atom. The molecule has 0 bridgehead atoms. The molecule has 0 aliphatic rings. The largest absolute Gasteiger partial charge is 0.462 e. The lowest BCUT2D eigenvalue weighted by Crippen LogP contribution is -2.24. The van der Waals surface area contributed by atoms with Crippen LogP contribution in [-0.4, -0.2) is 28.4 Å². The minimum absolute atomic E-state index is 0.0984. The molecule has 0 aliphatic heterocycles. The number of rotatable bonds is 4. The maximum absolute atomic E-state index is 12.8. The summed E-state index contributed by atoms with van der Waals surface area (Å²) in [6, 6.07) is 6.20. The first kappa shape index (κ1) is 18.1. The summed E-state index contributed by atoms with van der Waals surface area (Å²) >= 11 is 0.914. The fourth-order valence-electron chi connectivity index (χ4n) is 1.94. The van der Waals surface area contributed by atoms with E-state index in [1.165, 1.54) is 30.5 Å². The molecule has 1 aromatic heterocycles. The number of ether oxygens (including phenoxy) is 1. The molecule has 1 heterocycles. The summed E-state index contributed by atoms with van der Waals surface area (Å²) in [7, 11) is 0. The van der Waals surface area contributed by atoms with Crippen molar-refractivity contribution in [2.24, 2.45) is 0 Å². The van der Waals surface area contributed by atoms with Gasteiger partial charge in [-0.2, -0.15) is 13.2 Å². The van der Waals surface area contributed by atoms with E-state index in [-0.39, 0.29) is 17.3 Å². The molecule has 128 valence electrons. The normalized spacial score (nSPS) is 11.4. The highest BCUT2D eigenvalue weighted by Crippen LogP contribution is 2.28. The van der Waals surface area contributed by atoms with Crippen LogP contribution in [0.5, 0.6) is 0 Å². The van der Waals surface area contributed by atoms with Crippen LogP contribution in [0, 0.1) is 0 Å². The SMILES string of the molecule is CCOC(=O)c1ccc(-n2c(SC)nc(C(F)(F)F)cc2=O)cc1. The van der Waals surface area contributed by atoms with Gasteiger partial charge in [-0.3, -0.25) is 9.36 Å². The van der Waals surface area contributed by atoms with Crippen molar-refractivity contribution in [3.8, 4) is 5.69 Å². The Bertz CT molecular complexity index is 801. The van der Waals surface area contributed by atoms with Crippen molar-refractivity contribution in [1.82, 2.24) is 9.55 Å². The summed E-state index contributed by atoms with van der Waals surface area (Å²) in [5.41, 5.74) is -1.51. The van der Waals surface area contributed by atoms with Gasteiger partial charge in [0.15, 0.2) is 10.9 Å². The number of hydrogen-bond donors (Lipinski definition) is 0. The molecular formula is C15H13F3N2O3S. The highest BCUT2D eigenvalue weighted by Gasteiger charge is 2.34. The molecule has 0 fully saturated rings. The van der Waals surface area contributed by atoms with Crippen LogP contribution in [0.15, 0.2) is 40.3 Å². The van der Waals surface area contributed by atoms with E-state index in [4.69, 9.17) is 4.74 Å². The Balaban J connectivity index is 2.49. The molecule has 0 aliphatic carbocycles. The molecular weight excluding hydrogens is 345 g/mol. The third-order valence-corrected chi connectivity index (χ3v) is 3.64. The molecule has 2 aromatic rings. The van der Waals surface area contributed by atoms with Crippen LogP contribution in [0.2, 0.25) is 0 Å². The van der Waals surface area contributed by atoms with E-state index < -0.39 is 23.4 Å². The third kappa shape index (κ3) is 3.78. The molecule has 0 N–H and O–H groups in total. The van der Waals surface area contributed by atoms with Gasteiger partial charge in [0.2, 0.25) is 0 Å². The molecule has 0 atom stereocenters. The summed E-state index contributed by atoms with van der Waals surface area (Å²) in [6.07, 6.45) is -3.18. The molecule has 2 rings (SSSR count). The maximum atomic E-state index is 12.8. The van der Waals surface area contributed by atoms with Crippen LogP contribution >= 0.6 is 11.8 Å². The van der Waals surface area contributed by atoms with Crippen molar-refractivity contribution in [2.45, 2.75) is 18.3 Å². The van der Waals surface area contributed by atoms with Gasteiger partial charge in [0, 0.05) is 6.07 Å².